The van der Waals surface area contributed by atoms with Crippen molar-refractivity contribution in [3.05, 3.63) is 58.8 Å². The highest BCUT2D eigenvalue weighted by molar-refractivity contribution is 5.89. The van der Waals surface area contributed by atoms with Gasteiger partial charge in [-0.15, -0.1) is 5.10 Å². The van der Waals surface area contributed by atoms with Crippen molar-refractivity contribution in [2.45, 2.75) is 0 Å². The second-order valence-corrected chi connectivity index (χ2v) is 3.68. The van der Waals surface area contributed by atoms with E-state index >= 15 is 0 Å². The van der Waals surface area contributed by atoms with Crippen LogP contribution in [0.1, 0.15) is 0 Å². The molecule has 6 heteroatoms. The highest BCUT2D eigenvalue weighted by Crippen LogP contribution is 2.21. The van der Waals surface area contributed by atoms with Crippen LogP contribution in [-0.2, 0) is 0 Å². The van der Waals surface area contributed by atoms with Gasteiger partial charge in [0.15, 0.2) is 0 Å². The molecule has 0 bridgehead atoms. The average molecular weight is 239 g/mol. The van der Waals surface area contributed by atoms with Gasteiger partial charge in [-0.3, -0.25) is 0 Å². The van der Waals surface area contributed by atoms with Gasteiger partial charge in [0.25, 0.3) is 0 Å². The lowest BCUT2D eigenvalue weighted by molar-refractivity contribution is -0.390. The minimum absolute atomic E-state index is 0.386. The van der Waals surface area contributed by atoms with Crippen LogP contribution < -0.4 is 0 Å². The molecule has 87 valence electrons. The van der Waals surface area contributed by atoms with Crippen molar-refractivity contribution >= 4 is 16.6 Å². The topological polar surface area (TPSA) is 73.8 Å². The van der Waals surface area contributed by atoms with Crippen LogP contribution in [0.3, 0.4) is 0 Å². The van der Waals surface area contributed by atoms with Gasteiger partial charge in [0.2, 0.25) is 6.20 Å². The third-order valence-electron chi connectivity index (χ3n) is 2.59. The Balaban J connectivity index is 2.21. The molecule has 0 atom stereocenters. The van der Waals surface area contributed by atoms with E-state index in [1.807, 2.05) is 36.4 Å². The molecule has 0 unspecified atom stereocenters. The Bertz CT molecular complexity index is 730. The van der Waals surface area contributed by atoms with Gasteiger partial charge in [0.05, 0.1) is 5.10 Å². The van der Waals surface area contributed by atoms with E-state index in [2.05, 4.69) is 16.4 Å². The van der Waals surface area contributed by atoms with E-state index in [0.717, 1.165) is 10.8 Å². The van der Waals surface area contributed by atoms with Crippen molar-refractivity contribution in [3.8, 4) is 5.69 Å². The van der Waals surface area contributed by atoms with E-state index in [9.17, 15) is 10.1 Å². The van der Waals surface area contributed by atoms with Crippen LogP contribution in [0.25, 0.3) is 16.5 Å². The summed E-state index contributed by atoms with van der Waals surface area (Å²) < 4.78 is 0. The normalized spacial score (nSPS) is 10.7. The standard InChI is InChI=1S/C12H7N4O2/c17-16(18)12-8-13-15(14-12)11-7-3-5-9-4-1-2-6-10(9)11/h1-7H. The van der Waals surface area contributed by atoms with Gasteiger partial charge in [-0.1, -0.05) is 41.2 Å². The van der Waals surface area contributed by atoms with Gasteiger partial charge in [-0.25, -0.2) is 0 Å². The molecule has 0 aliphatic heterocycles. The molecule has 0 aliphatic carbocycles. The first-order chi connectivity index (χ1) is 8.75. The summed E-state index contributed by atoms with van der Waals surface area (Å²) in [5.41, 5.74) is 0.692. The van der Waals surface area contributed by atoms with Crippen LogP contribution in [0, 0.1) is 16.3 Å². The fraction of sp³-hybridized carbons (Fsp3) is 0. The van der Waals surface area contributed by atoms with Crippen molar-refractivity contribution < 1.29 is 4.92 Å². The Labute approximate surface area is 102 Å². The second-order valence-electron chi connectivity index (χ2n) is 3.68. The van der Waals surface area contributed by atoms with E-state index in [1.54, 1.807) is 6.07 Å². The summed E-state index contributed by atoms with van der Waals surface area (Å²) in [6, 6.07) is 13.3. The summed E-state index contributed by atoms with van der Waals surface area (Å²) in [5, 5.41) is 20.1. The number of hydrogen-bond donors (Lipinski definition) is 0. The first kappa shape index (κ1) is 10.4. The monoisotopic (exact) mass is 239 g/mol. The Kier molecular flexibility index (Phi) is 2.26. The summed E-state index contributed by atoms with van der Waals surface area (Å²) in [6.07, 6.45) is 2.27. The molecule has 1 heterocycles. The van der Waals surface area contributed by atoms with Crippen molar-refractivity contribution in [3.63, 3.8) is 0 Å². The number of aromatic nitrogens is 3. The zero-order valence-electron chi connectivity index (χ0n) is 9.15. The summed E-state index contributed by atoms with van der Waals surface area (Å²) in [4.78, 5) is 11.2. The van der Waals surface area contributed by atoms with Gasteiger partial charge < -0.3 is 10.1 Å². The van der Waals surface area contributed by atoms with Crippen LogP contribution in [0.2, 0.25) is 0 Å². The second kappa shape index (κ2) is 3.92. The molecular weight excluding hydrogens is 232 g/mol. The maximum Gasteiger partial charge on any atom is 0.420 e. The van der Waals surface area contributed by atoms with Crippen molar-refractivity contribution in [2.75, 3.05) is 0 Å². The average Bonchev–Trinajstić information content (AvgIpc) is 2.87. The summed E-state index contributed by atoms with van der Waals surface area (Å²) >= 11 is 0. The first-order valence-corrected chi connectivity index (χ1v) is 5.23. The summed E-state index contributed by atoms with van der Waals surface area (Å²) in [5.74, 6) is -0.386. The molecule has 0 saturated heterocycles. The van der Waals surface area contributed by atoms with Crippen LogP contribution in [0.4, 0.5) is 5.82 Å². The first-order valence-electron chi connectivity index (χ1n) is 5.23. The van der Waals surface area contributed by atoms with E-state index < -0.39 is 4.92 Å². The minimum Gasteiger partial charge on any atom is -0.358 e. The number of hydrogen-bond acceptors (Lipinski definition) is 4. The Morgan fingerprint density at radius 2 is 1.94 bits per heavy atom. The van der Waals surface area contributed by atoms with Gasteiger partial charge in [0.1, 0.15) is 5.69 Å². The predicted molar refractivity (Wildman–Crippen MR) is 64.4 cm³/mol. The Hall–Kier alpha value is -2.76. The predicted octanol–water partition coefficient (Wildman–Crippen LogP) is 2.13. The smallest absolute Gasteiger partial charge is 0.358 e. The lowest BCUT2D eigenvalue weighted by Gasteiger charge is -2.01. The fourth-order valence-corrected chi connectivity index (χ4v) is 1.79. The molecule has 2 aromatic carbocycles. The highest BCUT2D eigenvalue weighted by Gasteiger charge is 2.16. The molecule has 0 amide bonds. The molecule has 18 heavy (non-hydrogen) atoms. The van der Waals surface area contributed by atoms with Gasteiger partial charge in [-0.2, -0.15) is 0 Å². The molecule has 3 aromatic rings. The summed E-state index contributed by atoms with van der Waals surface area (Å²) in [6.45, 7) is 0. The number of fused-ring (bicyclic) bond motifs is 1. The Morgan fingerprint density at radius 3 is 2.72 bits per heavy atom. The SMILES string of the molecule is O=[N+]([O-])c1[c]nn(-c2cccc3ccccc23)n1. The van der Waals surface area contributed by atoms with Crippen LogP contribution >= 0.6 is 0 Å². The zero-order valence-corrected chi connectivity index (χ0v) is 9.15. The molecule has 0 fully saturated rings. The molecule has 1 radical (unpaired) electrons. The van der Waals surface area contributed by atoms with E-state index in [1.165, 1.54) is 4.80 Å². The maximum absolute atomic E-state index is 10.6. The molecule has 0 saturated carbocycles. The molecule has 6 nitrogen and oxygen atoms in total. The fourth-order valence-electron chi connectivity index (χ4n) is 1.79. The van der Waals surface area contributed by atoms with Crippen LogP contribution in [0.5, 0.6) is 0 Å². The van der Waals surface area contributed by atoms with Gasteiger partial charge >= 0.3 is 5.82 Å². The third kappa shape index (κ3) is 1.60. The van der Waals surface area contributed by atoms with Gasteiger partial charge in [-0.05, 0) is 16.4 Å². The number of rotatable bonds is 2. The van der Waals surface area contributed by atoms with E-state index in [-0.39, 0.29) is 5.82 Å². The van der Waals surface area contributed by atoms with Crippen molar-refractivity contribution in [1.29, 1.82) is 0 Å². The molecule has 0 spiro atoms. The quantitative estimate of drug-likeness (QED) is 0.507. The van der Waals surface area contributed by atoms with Gasteiger partial charge in [0, 0.05) is 5.39 Å². The van der Waals surface area contributed by atoms with Crippen molar-refractivity contribution in [1.82, 2.24) is 15.0 Å². The molecule has 3 rings (SSSR count). The Morgan fingerprint density at radius 1 is 1.17 bits per heavy atom. The maximum atomic E-state index is 10.6. The largest absolute Gasteiger partial charge is 0.420 e. The number of nitro groups is 1. The summed E-state index contributed by atoms with van der Waals surface area (Å²) in [7, 11) is 0. The minimum atomic E-state index is -0.616. The highest BCUT2D eigenvalue weighted by atomic mass is 16.6. The van der Waals surface area contributed by atoms with Crippen LogP contribution in [-0.4, -0.2) is 19.9 Å². The van der Waals surface area contributed by atoms with Crippen molar-refractivity contribution in [2.24, 2.45) is 0 Å². The third-order valence-corrected chi connectivity index (χ3v) is 2.59. The zero-order chi connectivity index (χ0) is 12.5. The molecule has 0 N–H and O–H groups in total. The van der Waals surface area contributed by atoms with E-state index in [4.69, 9.17) is 0 Å². The number of benzene rings is 2. The van der Waals surface area contributed by atoms with E-state index in [0.29, 0.717) is 5.69 Å². The molecular formula is C12H7N4O2. The molecule has 1 aromatic heterocycles. The molecule has 0 aliphatic rings. The number of nitrogens with zero attached hydrogens (tertiary/aromatic N) is 4. The van der Waals surface area contributed by atoms with Crippen LogP contribution in [0.15, 0.2) is 42.5 Å². The lowest BCUT2D eigenvalue weighted by Crippen LogP contribution is -2.00. The lowest BCUT2D eigenvalue weighted by atomic mass is 10.1.